The summed E-state index contributed by atoms with van der Waals surface area (Å²) in [5, 5.41) is 0. The van der Waals surface area contributed by atoms with Crippen LogP contribution in [-0.4, -0.2) is 50.3 Å². The van der Waals surface area contributed by atoms with Crippen molar-refractivity contribution in [3.05, 3.63) is 42.0 Å². The maximum Gasteiger partial charge on any atom is 0.0589 e. The Bertz CT molecular complexity index is 421. The van der Waals surface area contributed by atoms with Crippen molar-refractivity contribution < 1.29 is 4.74 Å². The third-order valence-electron chi connectivity index (χ3n) is 3.74. The van der Waals surface area contributed by atoms with Crippen LogP contribution in [0.25, 0.3) is 6.08 Å². The van der Waals surface area contributed by atoms with Crippen LogP contribution in [0.2, 0.25) is 0 Å². The lowest BCUT2D eigenvalue weighted by molar-refractivity contribution is 0.149. The Labute approximate surface area is 128 Å². The van der Waals surface area contributed by atoms with E-state index >= 15 is 0 Å². The molecule has 0 amide bonds. The van der Waals surface area contributed by atoms with Crippen LogP contribution in [0.4, 0.5) is 0 Å². The Kier molecular flexibility index (Phi) is 6.89. The predicted octanol–water partition coefficient (Wildman–Crippen LogP) is 1.90. The average molecular weight is 289 g/mol. The molecule has 1 heterocycles. The Morgan fingerprint density at radius 1 is 1.29 bits per heavy atom. The van der Waals surface area contributed by atoms with E-state index in [9.17, 15) is 0 Å². The van der Waals surface area contributed by atoms with Gasteiger partial charge in [-0.1, -0.05) is 42.5 Å². The molecule has 0 saturated carbocycles. The summed E-state index contributed by atoms with van der Waals surface area (Å²) in [5.41, 5.74) is 7.90. The summed E-state index contributed by atoms with van der Waals surface area (Å²) in [6.45, 7) is 5.93. The first kappa shape index (κ1) is 16.2. The number of nitrogens with zero attached hydrogens (tertiary/aromatic N) is 1. The quantitative estimate of drug-likeness (QED) is 0.766. The molecule has 1 aromatic carbocycles. The van der Waals surface area contributed by atoms with E-state index in [0.29, 0.717) is 12.1 Å². The molecule has 0 aromatic heterocycles. The standard InChI is InChI=1S/C17H27N3O/c1-15-13-17(19-18-15)14-20(11-12-21-2)10-6-9-16-7-4-3-5-8-16/h3-9,15,17-19H,10-14H2,1-2H3/b9-6+. The second kappa shape index (κ2) is 8.95. The highest BCUT2D eigenvalue weighted by Crippen LogP contribution is 2.07. The number of hydrogen-bond donors (Lipinski definition) is 2. The molecule has 1 aliphatic heterocycles. The zero-order chi connectivity index (χ0) is 14.9. The predicted molar refractivity (Wildman–Crippen MR) is 87.9 cm³/mol. The van der Waals surface area contributed by atoms with Crippen LogP contribution in [0, 0.1) is 0 Å². The largest absolute Gasteiger partial charge is 0.383 e. The number of hydrogen-bond acceptors (Lipinski definition) is 4. The van der Waals surface area contributed by atoms with Gasteiger partial charge in [0.05, 0.1) is 6.61 Å². The van der Waals surface area contributed by atoms with Crippen molar-refractivity contribution in [2.75, 3.05) is 33.4 Å². The summed E-state index contributed by atoms with van der Waals surface area (Å²) in [6, 6.07) is 11.5. The van der Waals surface area contributed by atoms with Gasteiger partial charge in [0.15, 0.2) is 0 Å². The van der Waals surface area contributed by atoms with Gasteiger partial charge in [-0.15, -0.1) is 0 Å². The molecule has 1 aliphatic rings. The molecular formula is C17H27N3O. The molecule has 4 nitrogen and oxygen atoms in total. The molecule has 0 radical (unpaired) electrons. The van der Waals surface area contributed by atoms with Crippen molar-refractivity contribution in [1.82, 2.24) is 15.8 Å². The summed E-state index contributed by atoms with van der Waals surface area (Å²) in [7, 11) is 1.76. The lowest BCUT2D eigenvalue weighted by Gasteiger charge is -2.23. The molecule has 0 spiro atoms. The van der Waals surface area contributed by atoms with Gasteiger partial charge in [0, 0.05) is 38.8 Å². The van der Waals surface area contributed by atoms with Crippen LogP contribution >= 0.6 is 0 Å². The Hall–Kier alpha value is -1.20. The number of rotatable bonds is 8. The summed E-state index contributed by atoms with van der Waals surface area (Å²) >= 11 is 0. The van der Waals surface area contributed by atoms with Gasteiger partial charge in [-0.2, -0.15) is 0 Å². The molecular weight excluding hydrogens is 262 g/mol. The third-order valence-corrected chi connectivity index (χ3v) is 3.74. The molecule has 1 aromatic rings. The van der Waals surface area contributed by atoms with Crippen LogP contribution in [0.1, 0.15) is 18.9 Å². The highest BCUT2D eigenvalue weighted by Gasteiger charge is 2.21. The maximum absolute atomic E-state index is 5.22. The zero-order valence-corrected chi connectivity index (χ0v) is 13.1. The second-order valence-electron chi connectivity index (χ2n) is 5.69. The van der Waals surface area contributed by atoms with Gasteiger partial charge in [-0.25, -0.2) is 0 Å². The van der Waals surface area contributed by atoms with E-state index in [0.717, 1.165) is 26.2 Å². The lowest BCUT2D eigenvalue weighted by Crippen LogP contribution is -2.41. The van der Waals surface area contributed by atoms with E-state index in [1.807, 2.05) is 6.07 Å². The van der Waals surface area contributed by atoms with E-state index in [1.54, 1.807) is 7.11 Å². The topological polar surface area (TPSA) is 36.5 Å². The molecule has 2 rings (SSSR count). The Balaban J connectivity index is 1.82. The fraction of sp³-hybridized carbons (Fsp3) is 0.529. The van der Waals surface area contributed by atoms with Crippen LogP contribution < -0.4 is 10.9 Å². The van der Waals surface area contributed by atoms with Crippen molar-refractivity contribution in [2.24, 2.45) is 0 Å². The normalized spacial score (nSPS) is 22.4. The van der Waals surface area contributed by atoms with Gasteiger partial charge in [-0.05, 0) is 18.9 Å². The highest BCUT2D eigenvalue weighted by molar-refractivity contribution is 5.48. The first-order valence-corrected chi connectivity index (χ1v) is 7.72. The number of benzene rings is 1. The van der Waals surface area contributed by atoms with Gasteiger partial charge >= 0.3 is 0 Å². The number of nitrogens with one attached hydrogen (secondary N) is 2. The van der Waals surface area contributed by atoms with Crippen molar-refractivity contribution in [3.63, 3.8) is 0 Å². The minimum atomic E-state index is 0.516. The second-order valence-corrected chi connectivity index (χ2v) is 5.69. The molecule has 2 N–H and O–H groups in total. The van der Waals surface area contributed by atoms with Gasteiger partial charge in [0.25, 0.3) is 0 Å². The molecule has 0 aliphatic carbocycles. The fourth-order valence-electron chi connectivity index (χ4n) is 2.62. The maximum atomic E-state index is 5.22. The first-order chi connectivity index (χ1) is 10.3. The van der Waals surface area contributed by atoms with Crippen molar-refractivity contribution in [2.45, 2.75) is 25.4 Å². The number of ether oxygens (including phenoxy) is 1. The lowest BCUT2D eigenvalue weighted by atomic mass is 10.1. The Morgan fingerprint density at radius 2 is 2.10 bits per heavy atom. The summed E-state index contributed by atoms with van der Waals surface area (Å²) in [6.07, 6.45) is 5.59. The number of hydrazine groups is 1. The molecule has 0 bridgehead atoms. The fourth-order valence-corrected chi connectivity index (χ4v) is 2.62. The molecule has 1 saturated heterocycles. The third kappa shape index (κ3) is 5.98. The van der Waals surface area contributed by atoms with E-state index in [-0.39, 0.29) is 0 Å². The van der Waals surface area contributed by atoms with Crippen LogP contribution in [-0.2, 0) is 4.74 Å². The Morgan fingerprint density at radius 3 is 2.76 bits per heavy atom. The van der Waals surface area contributed by atoms with Gasteiger partial charge in [-0.3, -0.25) is 15.8 Å². The minimum absolute atomic E-state index is 0.516. The minimum Gasteiger partial charge on any atom is -0.383 e. The van der Waals surface area contributed by atoms with Gasteiger partial charge in [0.1, 0.15) is 0 Å². The summed E-state index contributed by atoms with van der Waals surface area (Å²) in [4.78, 5) is 2.43. The molecule has 1 fully saturated rings. The molecule has 2 unspecified atom stereocenters. The monoisotopic (exact) mass is 289 g/mol. The molecule has 2 atom stereocenters. The van der Waals surface area contributed by atoms with Crippen LogP contribution in [0.5, 0.6) is 0 Å². The zero-order valence-electron chi connectivity index (χ0n) is 13.1. The van der Waals surface area contributed by atoms with Crippen LogP contribution in [0.3, 0.4) is 0 Å². The number of methoxy groups -OCH3 is 1. The molecule has 21 heavy (non-hydrogen) atoms. The van der Waals surface area contributed by atoms with Crippen molar-refractivity contribution >= 4 is 6.08 Å². The average Bonchev–Trinajstić information content (AvgIpc) is 2.91. The highest BCUT2D eigenvalue weighted by atomic mass is 16.5. The van der Waals surface area contributed by atoms with E-state index in [4.69, 9.17) is 4.74 Å². The van der Waals surface area contributed by atoms with Crippen LogP contribution in [0.15, 0.2) is 36.4 Å². The van der Waals surface area contributed by atoms with Crippen molar-refractivity contribution in [3.8, 4) is 0 Å². The summed E-state index contributed by atoms with van der Waals surface area (Å²) < 4.78 is 5.22. The van der Waals surface area contributed by atoms with Crippen molar-refractivity contribution in [1.29, 1.82) is 0 Å². The van der Waals surface area contributed by atoms with Gasteiger partial charge < -0.3 is 4.74 Å². The van der Waals surface area contributed by atoms with E-state index < -0.39 is 0 Å². The first-order valence-electron chi connectivity index (χ1n) is 7.72. The SMILES string of the molecule is COCCN(C/C=C/c1ccccc1)CC1CC(C)NN1. The summed E-state index contributed by atoms with van der Waals surface area (Å²) in [5.74, 6) is 0. The molecule has 4 heteroatoms. The van der Waals surface area contributed by atoms with Gasteiger partial charge in [0.2, 0.25) is 0 Å². The van der Waals surface area contributed by atoms with E-state index in [2.05, 4.69) is 59.1 Å². The smallest absolute Gasteiger partial charge is 0.0589 e. The molecule has 116 valence electrons. The van der Waals surface area contributed by atoms with E-state index in [1.165, 1.54) is 12.0 Å².